The van der Waals surface area contributed by atoms with Gasteiger partial charge in [0.2, 0.25) is 0 Å². The molecule has 0 saturated carbocycles. The molecule has 0 aromatic rings. The number of hydrogen-bond donors (Lipinski definition) is 0. The van der Waals surface area contributed by atoms with Gasteiger partial charge in [0.25, 0.3) is 0 Å². The minimum atomic E-state index is -0.426. The Kier molecular flexibility index (Phi) is 4.03. The summed E-state index contributed by atoms with van der Waals surface area (Å²) in [6.07, 6.45) is -0.426. The molecule has 0 spiro atoms. The van der Waals surface area contributed by atoms with E-state index >= 15 is 0 Å². The second-order valence-corrected chi connectivity index (χ2v) is 2.42. The molecule has 0 rings (SSSR count). The molecule has 0 heterocycles. The van der Waals surface area contributed by atoms with E-state index in [0.717, 1.165) is 0 Å². The normalized spacial score (nSPS) is 13.3. The summed E-state index contributed by atoms with van der Waals surface area (Å²) in [4.78, 5) is 10.8. The van der Waals surface area contributed by atoms with Crippen LogP contribution in [0.5, 0.6) is 0 Å². The first-order valence-corrected chi connectivity index (χ1v) is 3.24. The molecule has 3 heteroatoms. The highest BCUT2D eigenvalue weighted by Crippen LogP contribution is 2.06. The van der Waals surface area contributed by atoms with Gasteiger partial charge in [0.1, 0.15) is 0 Å². The van der Waals surface area contributed by atoms with E-state index in [1.165, 1.54) is 14.2 Å². The van der Waals surface area contributed by atoms with Gasteiger partial charge in [0, 0.05) is 7.11 Å². The molecule has 10 heavy (non-hydrogen) atoms. The Morgan fingerprint density at radius 3 is 1.90 bits per heavy atom. The van der Waals surface area contributed by atoms with Crippen molar-refractivity contribution in [3.8, 4) is 0 Å². The molecule has 0 aliphatic heterocycles. The van der Waals surface area contributed by atoms with Crippen LogP contribution in [0.4, 0.5) is 0 Å². The molecule has 0 aliphatic rings. The average molecular weight is 146 g/mol. The standard InChI is InChI=1S/C7H14O3/c1-5(2)6(9-3)7(8)10-4/h5-6H,1-4H3/t6-/m0/s1. The van der Waals surface area contributed by atoms with Crippen molar-refractivity contribution in [3.63, 3.8) is 0 Å². The largest absolute Gasteiger partial charge is 0.467 e. The van der Waals surface area contributed by atoms with Crippen LogP contribution in [0.3, 0.4) is 0 Å². The molecule has 0 amide bonds. The molecule has 0 radical (unpaired) electrons. The number of rotatable bonds is 3. The molecule has 0 aromatic carbocycles. The van der Waals surface area contributed by atoms with Gasteiger partial charge in [0.05, 0.1) is 7.11 Å². The zero-order chi connectivity index (χ0) is 8.15. The Bertz CT molecular complexity index is 109. The summed E-state index contributed by atoms with van der Waals surface area (Å²) in [5.74, 6) is -0.144. The van der Waals surface area contributed by atoms with Crippen molar-refractivity contribution in [2.24, 2.45) is 5.92 Å². The van der Waals surface area contributed by atoms with E-state index in [0.29, 0.717) is 0 Å². The van der Waals surface area contributed by atoms with Gasteiger partial charge in [-0.3, -0.25) is 0 Å². The van der Waals surface area contributed by atoms with Crippen LogP contribution in [-0.4, -0.2) is 26.3 Å². The van der Waals surface area contributed by atoms with Gasteiger partial charge in [0.15, 0.2) is 6.10 Å². The topological polar surface area (TPSA) is 35.5 Å². The van der Waals surface area contributed by atoms with Crippen LogP contribution in [0.15, 0.2) is 0 Å². The molecule has 0 unspecified atom stereocenters. The third-order valence-electron chi connectivity index (χ3n) is 1.29. The summed E-state index contributed by atoms with van der Waals surface area (Å²) in [5.41, 5.74) is 0. The Morgan fingerprint density at radius 2 is 1.80 bits per heavy atom. The van der Waals surface area contributed by atoms with Crippen LogP contribution >= 0.6 is 0 Å². The molecule has 0 aliphatic carbocycles. The van der Waals surface area contributed by atoms with Gasteiger partial charge in [-0.15, -0.1) is 0 Å². The first-order valence-electron chi connectivity index (χ1n) is 3.24. The first-order chi connectivity index (χ1) is 4.63. The maximum Gasteiger partial charge on any atom is 0.335 e. The summed E-state index contributed by atoms with van der Waals surface area (Å²) in [6.45, 7) is 3.82. The fourth-order valence-corrected chi connectivity index (χ4v) is 0.757. The van der Waals surface area contributed by atoms with Crippen LogP contribution in [0, 0.1) is 5.92 Å². The molecule has 0 N–H and O–H groups in total. The lowest BCUT2D eigenvalue weighted by Gasteiger charge is -2.15. The summed E-state index contributed by atoms with van der Waals surface area (Å²) in [6, 6.07) is 0. The molecule has 60 valence electrons. The molecular formula is C7H14O3. The molecule has 0 bridgehead atoms. The molecule has 0 aromatic heterocycles. The summed E-state index contributed by atoms with van der Waals surface area (Å²) < 4.78 is 9.39. The SMILES string of the molecule is COC(=O)[C@@H](OC)C(C)C. The number of carbonyl (C=O) groups excluding carboxylic acids is 1. The van der Waals surface area contributed by atoms with Gasteiger partial charge in [-0.05, 0) is 5.92 Å². The average Bonchev–Trinajstić information content (AvgIpc) is 1.88. The van der Waals surface area contributed by atoms with Crippen LogP contribution < -0.4 is 0 Å². The van der Waals surface area contributed by atoms with Crippen LogP contribution in [0.2, 0.25) is 0 Å². The first kappa shape index (κ1) is 9.43. The second-order valence-electron chi connectivity index (χ2n) is 2.42. The third-order valence-corrected chi connectivity index (χ3v) is 1.29. The lowest BCUT2D eigenvalue weighted by Crippen LogP contribution is -2.29. The van der Waals surface area contributed by atoms with Crippen LogP contribution in [-0.2, 0) is 14.3 Å². The van der Waals surface area contributed by atoms with Crippen molar-refractivity contribution in [2.75, 3.05) is 14.2 Å². The van der Waals surface area contributed by atoms with Crippen LogP contribution in [0.1, 0.15) is 13.8 Å². The van der Waals surface area contributed by atoms with E-state index in [1.54, 1.807) is 0 Å². The zero-order valence-electron chi connectivity index (χ0n) is 6.88. The van der Waals surface area contributed by atoms with Crippen molar-refractivity contribution in [2.45, 2.75) is 20.0 Å². The predicted molar refractivity (Wildman–Crippen MR) is 37.7 cm³/mol. The monoisotopic (exact) mass is 146 g/mol. The highest BCUT2D eigenvalue weighted by atomic mass is 16.6. The van der Waals surface area contributed by atoms with Crippen molar-refractivity contribution in [3.05, 3.63) is 0 Å². The van der Waals surface area contributed by atoms with E-state index < -0.39 is 6.10 Å². The Morgan fingerprint density at radius 1 is 1.30 bits per heavy atom. The number of esters is 1. The zero-order valence-corrected chi connectivity index (χ0v) is 6.88. The fraction of sp³-hybridized carbons (Fsp3) is 0.857. The molecule has 3 nitrogen and oxygen atoms in total. The molecule has 0 saturated heterocycles. The molecule has 1 atom stereocenters. The van der Waals surface area contributed by atoms with Gasteiger partial charge >= 0.3 is 5.97 Å². The second kappa shape index (κ2) is 4.28. The van der Waals surface area contributed by atoms with E-state index in [9.17, 15) is 4.79 Å². The summed E-state index contributed by atoms with van der Waals surface area (Å²) in [5, 5.41) is 0. The Balaban J connectivity index is 3.93. The summed E-state index contributed by atoms with van der Waals surface area (Å²) in [7, 11) is 2.86. The lowest BCUT2D eigenvalue weighted by atomic mass is 10.1. The van der Waals surface area contributed by atoms with Gasteiger partial charge in [-0.2, -0.15) is 0 Å². The third kappa shape index (κ3) is 2.35. The van der Waals surface area contributed by atoms with Crippen LogP contribution in [0.25, 0.3) is 0 Å². The summed E-state index contributed by atoms with van der Waals surface area (Å²) >= 11 is 0. The van der Waals surface area contributed by atoms with E-state index in [2.05, 4.69) is 4.74 Å². The minimum Gasteiger partial charge on any atom is -0.467 e. The van der Waals surface area contributed by atoms with E-state index in [-0.39, 0.29) is 11.9 Å². The highest BCUT2D eigenvalue weighted by Gasteiger charge is 2.21. The van der Waals surface area contributed by atoms with Crippen molar-refractivity contribution in [1.29, 1.82) is 0 Å². The number of carbonyl (C=O) groups is 1. The van der Waals surface area contributed by atoms with E-state index in [1.807, 2.05) is 13.8 Å². The van der Waals surface area contributed by atoms with Gasteiger partial charge < -0.3 is 9.47 Å². The minimum absolute atomic E-state index is 0.164. The van der Waals surface area contributed by atoms with Crippen molar-refractivity contribution >= 4 is 5.97 Å². The quantitative estimate of drug-likeness (QED) is 0.553. The van der Waals surface area contributed by atoms with E-state index in [4.69, 9.17) is 4.74 Å². The number of methoxy groups -OCH3 is 2. The van der Waals surface area contributed by atoms with Gasteiger partial charge in [-0.25, -0.2) is 4.79 Å². The lowest BCUT2D eigenvalue weighted by molar-refractivity contribution is -0.154. The van der Waals surface area contributed by atoms with Crippen molar-refractivity contribution in [1.82, 2.24) is 0 Å². The highest BCUT2D eigenvalue weighted by molar-refractivity contribution is 5.74. The smallest absolute Gasteiger partial charge is 0.335 e. The van der Waals surface area contributed by atoms with Gasteiger partial charge in [-0.1, -0.05) is 13.8 Å². The maximum absolute atomic E-state index is 10.8. The Hall–Kier alpha value is -0.570. The Labute approximate surface area is 61.3 Å². The number of ether oxygens (including phenoxy) is 2. The number of hydrogen-bond acceptors (Lipinski definition) is 3. The van der Waals surface area contributed by atoms with Crippen molar-refractivity contribution < 1.29 is 14.3 Å². The molecular weight excluding hydrogens is 132 g/mol. The predicted octanol–water partition coefficient (Wildman–Crippen LogP) is 0.830. The fourth-order valence-electron chi connectivity index (χ4n) is 0.757. The molecule has 0 fully saturated rings. The maximum atomic E-state index is 10.8.